The minimum absolute atomic E-state index is 0.123. The lowest BCUT2D eigenvalue weighted by molar-refractivity contribution is 0.174. The van der Waals surface area contributed by atoms with Crippen molar-refractivity contribution in [2.24, 2.45) is 0 Å². The SMILES string of the molecule is O=S(=O)(c1ccc2c(c1)OCO2)N1CCN(c2ccc(C3CC3)nn2)CC1. The molecule has 0 radical (unpaired) electrons. The Hall–Kier alpha value is -2.39. The molecule has 0 unspecified atom stereocenters. The second kappa shape index (κ2) is 6.35. The van der Waals surface area contributed by atoms with Gasteiger partial charge in [0.25, 0.3) is 0 Å². The molecule has 3 heterocycles. The third-order valence-corrected chi connectivity index (χ3v) is 7.11. The van der Waals surface area contributed by atoms with E-state index in [0.717, 1.165) is 11.5 Å². The first-order valence-corrected chi connectivity index (χ1v) is 10.5. The van der Waals surface area contributed by atoms with Gasteiger partial charge in [-0.1, -0.05) is 0 Å². The van der Waals surface area contributed by atoms with Crippen molar-refractivity contribution >= 4 is 15.8 Å². The fraction of sp³-hybridized carbons (Fsp3) is 0.444. The van der Waals surface area contributed by atoms with E-state index in [-0.39, 0.29) is 11.7 Å². The predicted molar refractivity (Wildman–Crippen MR) is 97.5 cm³/mol. The molecule has 0 N–H and O–H groups in total. The standard InChI is InChI=1S/C18H20N4O4S/c23-27(24,14-3-5-16-17(11-14)26-12-25-16)22-9-7-21(8-10-22)18-6-4-15(19-20-18)13-1-2-13/h3-6,11,13H,1-2,7-10,12H2. The summed E-state index contributed by atoms with van der Waals surface area (Å²) in [5.74, 6) is 2.43. The maximum Gasteiger partial charge on any atom is 0.243 e. The van der Waals surface area contributed by atoms with Crippen LogP contribution in [-0.4, -0.2) is 55.9 Å². The van der Waals surface area contributed by atoms with Gasteiger partial charge in [-0.3, -0.25) is 0 Å². The van der Waals surface area contributed by atoms with Crippen molar-refractivity contribution in [3.63, 3.8) is 0 Å². The molecule has 0 amide bonds. The van der Waals surface area contributed by atoms with Gasteiger partial charge in [-0.05, 0) is 37.1 Å². The van der Waals surface area contributed by atoms with Crippen molar-refractivity contribution < 1.29 is 17.9 Å². The van der Waals surface area contributed by atoms with E-state index in [1.54, 1.807) is 12.1 Å². The fourth-order valence-corrected chi connectivity index (χ4v) is 4.88. The molecule has 9 heteroatoms. The maximum atomic E-state index is 12.9. The molecule has 1 aromatic carbocycles. The second-order valence-corrected chi connectivity index (χ2v) is 8.93. The van der Waals surface area contributed by atoms with Gasteiger partial charge in [0.1, 0.15) is 0 Å². The maximum absolute atomic E-state index is 12.9. The van der Waals surface area contributed by atoms with Crippen molar-refractivity contribution in [1.82, 2.24) is 14.5 Å². The zero-order chi connectivity index (χ0) is 18.4. The van der Waals surface area contributed by atoms with Gasteiger partial charge in [-0.2, -0.15) is 9.40 Å². The van der Waals surface area contributed by atoms with Crippen LogP contribution in [0.3, 0.4) is 0 Å². The molecule has 27 heavy (non-hydrogen) atoms. The van der Waals surface area contributed by atoms with E-state index in [2.05, 4.69) is 15.1 Å². The van der Waals surface area contributed by atoms with Gasteiger partial charge in [-0.15, -0.1) is 5.10 Å². The smallest absolute Gasteiger partial charge is 0.243 e. The molecule has 0 atom stereocenters. The van der Waals surface area contributed by atoms with Crippen LogP contribution in [0.4, 0.5) is 5.82 Å². The molecule has 5 rings (SSSR count). The molecule has 3 aliphatic rings. The largest absolute Gasteiger partial charge is 0.454 e. The summed E-state index contributed by atoms with van der Waals surface area (Å²) in [4.78, 5) is 2.31. The highest BCUT2D eigenvalue weighted by atomic mass is 32.2. The molecule has 2 fully saturated rings. The Morgan fingerprint density at radius 2 is 1.70 bits per heavy atom. The van der Waals surface area contributed by atoms with Crippen LogP contribution in [0.2, 0.25) is 0 Å². The number of sulfonamides is 1. The first kappa shape index (κ1) is 16.8. The van der Waals surface area contributed by atoms with Crippen molar-refractivity contribution in [3.05, 3.63) is 36.0 Å². The lowest BCUT2D eigenvalue weighted by Gasteiger charge is -2.34. The monoisotopic (exact) mass is 388 g/mol. The van der Waals surface area contributed by atoms with Crippen LogP contribution in [0.25, 0.3) is 0 Å². The van der Waals surface area contributed by atoms with Gasteiger partial charge in [0.15, 0.2) is 17.3 Å². The summed E-state index contributed by atoms with van der Waals surface area (Å²) in [5.41, 5.74) is 1.06. The summed E-state index contributed by atoms with van der Waals surface area (Å²) in [5, 5.41) is 8.64. The highest BCUT2D eigenvalue weighted by Crippen LogP contribution is 2.39. The number of aromatic nitrogens is 2. The van der Waals surface area contributed by atoms with Crippen LogP contribution in [0.15, 0.2) is 35.2 Å². The minimum atomic E-state index is -3.56. The molecule has 2 aromatic rings. The first-order valence-electron chi connectivity index (χ1n) is 9.10. The molecular formula is C18H20N4O4S. The summed E-state index contributed by atoms with van der Waals surface area (Å²) in [7, 11) is -3.56. The Bertz CT molecular complexity index is 952. The van der Waals surface area contributed by atoms with Gasteiger partial charge in [0, 0.05) is 38.2 Å². The van der Waals surface area contributed by atoms with Crippen LogP contribution >= 0.6 is 0 Å². The van der Waals surface area contributed by atoms with E-state index in [1.165, 1.54) is 23.2 Å². The second-order valence-electron chi connectivity index (χ2n) is 7.00. The van der Waals surface area contributed by atoms with Gasteiger partial charge in [0.05, 0.1) is 10.6 Å². The average Bonchev–Trinajstić information content (AvgIpc) is 3.45. The third-order valence-electron chi connectivity index (χ3n) is 5.21. The number of nitrogens with zero attached hydrogens (tertiary/aromatic N) is 4. The first-order chi connectivity index (χ1) is 13.1. The van der Waals surface area contributed by atoms with E-state index < -0.39 is 10.0 Å². The van der Waals surface area contributed by atoms with Crippen LogP contribution < -0.4 is 14.4 Å². The summed E-state index contributed by atoms with van der Waals surface area (Å²) in [6, 6.07) is 8.77. The Labute approximate surface area is 157 Å². The van der Waals surface area contributed by atoms with Gasteiger partial charge in [-0.25, -0.2) is 8.42 Å². The molecule has 1 saturated carbocycles. The minimum Gasteiger partial charge on any atom is -0.454 e. The molecule has 1 aliphatic carbocycles. The van der Waals surface area contributed by atoms with E-state index in [4.69, 9.17) is 9.47 Å². The Kier molecular flexibility index (Phi) is 3.94. The van der Waals surface area contributed by atoms with Crippen molar-refractivity contribution in [2.45, 2.75) is 23.7 Å². The van der Waals surface area contributed by atoms with Crippen LogP contribution in [0, 0.1) is 0 Å². The molecular weight excluding hydrogens is 368 g/mol. The van der Waals surface area contributed by atoms with Crippen molar-refractivity contribution in [3.8, 4) is 11.5 Å². The molecule has 1 aromatic heterocycles. The fourth-order valence-electron chi connectivity index (χ4n) is 3.44. The Morgan fingerprint density at radius 1 is 0.926 bits per heavy atom. The number of ether oxygens (including phenoxy) is 2. The lowest BCUT2D eigenvalue weighted by Crippen LogP contribution is -2.49. The number of anilines is 1. The van der Waals surface area contributed by atoms with Crippen LogP contribution in [0.5, 0.6) is 11.5 Å². The average molecular weight is 388 g/mol. The van der Waals surface area contributed by atoms with Gasteiger partial charge < -0.3 is 14.4 Å². The molecule has 0 bridgehead atoms. The van der Waals surface area contributed by atoms with E-state index in [0.29, 0.717) is 43.6 Å². The summed E-state index contributed by atoms with van der Waals surface area (Å²) in [6.45, 7) is 2.10. The highest BCUT2D eigenvalue weighted by molar-refractivity contribution is 7.89. The van der Waals surface area contributed by atoms with Crippen molar-refractivity contribution in [2.75, 3.05) is 37.9 Å². The zero-order valence-corrected chi connectivity index (χ0v) is 15.6. The number of hydrogen-bond acceptors (Lipinski definition) is 7. The highest BCUT2D eigenvalue weighted by Gasteiger charge is 2.31. The summed E-state index contributed by atoms with van der Waals surface area (Å²) < 4.78 is 37.9. The molecule has 0 spiro atoms. The zero-order valence-electron chi connectivity index (χ0n) is 14.7. The van der Waals surface area contributed by atoms with Crippen LogP contribution in [0.1, 0.15) is 24.5 Å². The van der Waals surface area contributed by atoms with Gasteiger partial charge in [0.2, 0.25) is 16.8 Å². The van der Waals surface area contributed by atoms with Crippen molar-refractivity contribution in [1.29, 1.82) is 0 Å². The summed E-state index contributed by atoms with van der Waals surface area (Å²) in [6.07, 6.45) is 2.40. The molecule has 1 saturated heterocycles. The quantitative estimate of drug-likeness (QED) is 0.786. The van der Waals surface area contributed by atoms with E-state index >= 15 is 0 Å². The topological polar surface area (TPSA) is 84.9 Å². The molecule has 142 valence electrons. The summed E-state index contributed by atoms with van der Waals surface area (Å²) >= 11 is 0. The Morgan fingerprint density at radius 3 is 2.41 bits per heavy atom. The van der Waals surface area contributed by atoms with E-state index in [1.807, 2.05) is 12.1 Å². The predicted octanol–water partition coefficient (Wildman–Crippen LogP) is 1.59. The lowest BCUT2D eigenvalue weighted by atomic mass is 10.2. The molecule has 8 nitrogen and oxygen atoms in total. The number of rotatable bonds is 4. The molecule has 2 aliphatic heterocycles. The van der Waals surface area contributed by atoms with E-state index in [9.17, 15) is 8.42 Å². The number of hydrogen-bond donors (Lipinski definition) is 0. The normalized spacial score (nSPS) is 20.1. The number of benzene rings is 1. The van der Waals surface area contributed by atoms with Crippen LogP contribution in [-0.2, 0) is 10.0 Å². The Balaban J connectivity index is 1.28. The number of piperazine rings is 1. The number of fused-ring (bicyclic) bond motifs is 1. The third kappa shape index (κ3) is 3.10. The van der Waals surface area contributed by atoms with Gasteiger partial charge >= 0.3 is 0 Å².